The van der Waals surface area contributed by atoms with Crippen LogP contribution in [0.2, 0.25) is 0 Å². The molecule has 26 heavy (non-hydrogen) atoms. The van der Waals surface area contributed by atoms with Gasteiger partial charge < -0.3 is 10.2 Å². The Kier molecular flexibility index (Phi) is 5.47. The van der Waals surface area contributed by atoms with Gasteiger partial charge in [0, 0.05) is 30.9 Å². The van der Waals surface area contributed by atoms with E-state index in [0.717, 1.165) is 11.4 Å². The van der Waals surface area contributed by atoms with Crippen molar-refractivity contribution in [3.63, 3.8) is 0 Å². The molecule has 9 heteroatoms. The number of thiophene rings is 1. The molecule has 3 rings (SSSR count). The van der Waals surface area contributed by atoms with E-state index in [1.807, 2.05) is 17.5 Å². The first-order valence-corrected chi connectivity index (χ1v) is 9.05. The molecule has 2 aromatic rings. The molecule has 2 heterocycles. The summed E-state index contributed by atoms with van der Waals surface area (Å²) in [5, 5.41) is 18.9. The molecule has 0 saturated carbocycles. The maximum Gasteiger partial charge on any atom is 0.322 e. The third-order valence-corrected chi connectivity index (χ3v) is 4.96. The number of nitro groups is 1. The summed E-state index contributed by atoms with van der Waals surface area (Å²) in [6, 6.07) is 9.16. The van der Waals surface area contributed by atoms with E-state index in [-0.39, 0.29) is 23.5 Å². The molecule has 8 nitrogen and oxygen atoms in total. The molecule has 0 radical (unpaired) electrons. The third kappa shape index (κ3) is 4.37. The fourth-order valence-corrected chi connectivity index (χ4v) is 3.43. The largest absolute Gasteiger partial charge is 0.326 e. The summed E-state index contributed by atoms with van der Waals surface area (Å²) in [7, 11) is 0. The molecule has 1 fully saturated rings. The first-order chi connectivity index (χ1) is 12.5. The number of non-ortho nitro benzene ring substituents is 1. The second kappa shape index (κ2) is 7.96. The van der Waals surface area contributed by atoms with Gasteiger partial charge in [-0.1, -0.05) is 0 Å². The topological polar surface area (TPSA) is 105 Å². The van der Waals surface area contributed by atoms with Gasteiger partial charge in [-0.3, -0.25) is 20.2 Å². The molecule has 1 unspecified atom stereocenters. The number of rotatable bonds is 4. The average Bonchev–Trinajstić information content (AvgIpc) is 3.15. The minimum absolute atomic E-state index is 0.0305. The highest BCUT2D eigenvalue weighted by molar-refractivity contribution is 7.14. The molecule has 136 valence electrons. The zero-order valence-corrected chi connectivity index (χ0v) is 14.7. The SMILES string of the molecule is O=C(Nc1ccc([N+](=O)[O-])cc1)C1CCCN(C(=O)Nc2cccs2)C1. The standard InChI is InChI=1S/C17H18N4O4S/c22-16(18-13-5-7-14(8-6-13)21(24)25)12-3-1-9-20(11-12)17(23)19-15-4-2-10-26-15/h2,4-8,10,12H,1,3,9,11H2,(H,18,22)(H,19,23). The van der Waals surface area contributed by atoms with Gasteiger partial charge in [0.1, 0.15) is 0 Å². The molecule has 1 aliphatic heterocycles. The van der Waals surface area contributed by atoms with Crippen LogP contribution >= 0.6 is 11.3 Å². The molecule has 1 aromatic heterocycles. The van der Waals surface area contributed by atoms with Gasteiger partial charge in [-0.15, -0.1) is 11.3 Å². The van der Waals surface area contributed by atoms with Gasteiger partial charge in [-0.25, -0.2) is 4.79 Å². The van der Waals surface area contributed by atoms with E-state index in [1.165, 1.54) is 35.6 Å². The van der Waals surface area contributed by atoms with Gasteiger partial charge >= 0.3 is 6.03 Å². The number of nitrogens with zero attached hydrogens (tertiary/aromatic N) is 2. The molecule has 0 spiro atoms. The Morgan fingerprint density at radius 2 is 1.96 bits per heavy atom. The van der Waals surface area contributed by atoms with E-state index in [2.05, 4.69) is 10.6 Å². The van der Waals surface area contributed by atoms with Crippen LogP contribution in [0.5, 0.6) is 0 Å². The second-order valence-corrected chi connectivity index (χ2v) is 6.93. The predicted molar refractivity (Wildman–Crippen MR) is 99.4 cm³/mol. The van der Waals surface area contributed by atoms with Gasteiger partial charge in [-0.2, -0.15) is 0 Å². The molecule has 1 aromatic carbocycles. The quantitative estimate of drug-likeness (QED) is 0.631. The Hall–Kier alpha value is -2.94. The number of piperidine rings is 1. The van der Waals surface area contributed by atoms with E-state index >= 15 is 0 Å². The Morgan fingerprint density at radius 3 is 2.62 bits per heavy atom. The number of nitrogens with one attached hydrogen (secondary N) is 2. The number of hydrogen-bond acceptors (Lipinski definition) is 5. The maximum atomic E-state index is 12.5. The van der Waals surface area contributed by atoms with Crippen molar-refractivity contribution in [2.45, 2.75) is 12.8 Å². The highest BCUT2D eigenvalue weighted by Crippen LogP contribution is 2.22. The zero-order valence-electron chi connectivity index (χ0n) is 13.9. The van der Waals surface area contributed by atoms with Crippen LogP contribution in [0.3, 0.4) is 0 Å². The molecule has 0 bridgehead atoms. The summed E-state index contributed by atoms with van der Waals surface area (Å²) >= 11 is 1.44. The van der Waals surface area contributed by atoms with Crippen LogP contribution in [-0.2, 0) is 4.79 Å². The highest BCUT2D eigenvalue weighted by Gasteiger charge is 2.28. The van der Waals surface area contributed by atoms with Gasteiger partial charge in [0.15, 0.2) is 0 Å². The maximum absolute atomic E-state index is 12.5. The van der Waals surface area contributed by atoms with E-state index in [1.54, 1.807) is 4.90 Å². The summed E-state index contributed by atoms with van der Waals surface area (Å²) in [6.07, 6.45) is 1.44. The van der Waals surface area contributed by atoms with E-state index < -0.39 is 4.92 Å². The Balaban J connectivity index is 1.57. The molecule has 1 saturated heterocycles. The van der Waals surface area contributed by atoms with Crippen molar-refractivity contribution in [3.05, 3.63) is 51.9 Å². The summed E-state index contributed by atoms with van der Waals surface area (Å²) in [6.45, 7) is 0.953. The number of nitro benzene ring substituents is 1. The second-order valence-electron chi connectivity index (χ2n) is 5.99. The number of hydrogen-bond donors (Lipinski definition) is 2. The van der Waals surface area contributed by atoms with Crippen LogP contribution in [0.15, 0.2) is 41.8 Å². The van der Waals surface area contributed by atoms with Crippen molar-refractivity contribution in [2.24, 2.45) is 5.92 Å². The fourth-order valence-electron chi connectivity index (χ4n) is 2.82. The van der Waals surface area contributed by atoms with Gasteiger partial charge in [0.2, 0.25) is 5.91 Å². The molecule has 0 aliphatic carbocycles. The van der Waals surface area contributed by atoms with Crippen LogP contribution < -0.4 is 10.6 Å². The number of carbonyl (C=O) groups excluding carboxylic acids is 2. The van der Waals surface area contributed by atoms with Crippen molar-refractivity contribution >= 4 is 39.7 Å². The first-order valence-electron chi connectivity index (χ1n) is 8.17. The Labute approximate surface area is 154 Å². The Morgan fingerprint density at radius 1 is 1.19 bits per heavy atom. The van der Waals surface area contributed by atoms with Gasteiger partial charge in [0.25, 0.3) is 5.69 Å². The van der Waals surface area contributed by atoms with E-state index in [9.17, 15) is 19.7 Å². The highest BCUT2D eigenvalue weighted by atomic mass is 32.1. The number of anilines is 2. The summed E-state index contributed by atoms with van der Waals surface area (Å²) in [4.78, 5) is 36.6. The molecular weight excluding hydrogens is 356 g/mol. The van der Waals surface area contributed by atoms with E-state index in [0.29, 0.717) is 25.2 Å². The summed E-state index contributed by atoms with van der Waals surface area (Å²) in [5.41, 5.74) is 0.470. The average molecular weight is 374 g/mol. The molecule has 1 atom stereocenters. The molecule has 1 aliphatic rings. The van der Waals surface area contributed by atoms with Gasteiger partial charge in [-0.05, 0) is 42.5 Å². The minimum Gasteiger partial charge on any atom is -0.326 e. The smallest absolute Gasteiger partial charge is 0.322 e. The van der Waals surface area contributed by atoms with Crippen LogP contribution in [0.1, 0.15) is 12.8 Å². The lowest BCUT2D eigenvalue weighted by Crippen LogP contribution is -2.45. The number of likely N-dealkylation sites (tertiary alicyclic amines) is 1. The van der Waals surface area contributed by atoms with Crippen molar-refractivity contribution in [1.29, 1.82) is 0 Å². The summed E-state index contributed by atoms with van der Waals surface area (Å²) < 4.78 is 0. The van der Waals surface area contributed by atoms with Crippen LogP contribution in [0.4, 0.5) is 21.2 Å². The zero-order chi connectivity index (χ0) is 18.5. The number of urea groups is 1. The first kappa shape index (κ1) is 17.9. The van der Waals surface area contributed by atoms with Crippen molar-refractivity contribution in [1.82, 2.24) is 4.90 Å². The lowest BCUT2D eigenvalue weighted by molar-refractivity contribution is -0.384. The Bertz CT molecular complexity index is 792. The molecule has 2 N–H and O–H groups in total. The monoisotopic (exact) mass is 374 g/mol. The van der Waals surface area contributed by atoms with Crippen molar-refractivity contribution < 1.29 is 14.5 Å². The van der Waals surface area contributed by atoms with Crippen LogP contribution in [-0.4, -0.2) is 34.9 Å². The van der Waals surface area contributed by atoms with Crippen LogP contribution in [0.25, 0.3) is 0 Å². The van der Waals surface area contributed by atoms with Crippen molar-refractivity contribution in [3.8, 4) is 0 Å². The van der Waals surface area contributed by atoms with Gasteiger partial charge in [0.05, 0.1) is 15.8 Å². The molecule has 3 amide bonds. The fraction of sp³-hybridized carbons (Fsp3) is 0.294. The van der Waals surface area contributed by atoms with E-state index in [4.69, 9.17) is 0 Å². The van der Waals surface area contributed by atoms with Crippen molar-refractivity contribution in [2.75, 3.05) is 23.7 Å². The number of benzene rings is 1. The third-order valence-electron chi connectivity index (χ3n) is 4.18. The van der Waals surface area contributed by atoms with Crippen LogP contribution in [0, 0.1) is 16.0 Å². The normalized spacial score (nSPS) is 16.8. The number of carbonyl (C=O) groups is 2. The lowest BCUT2D eigenvalue weighted by atomic mass is 9.97. The number of amides is 3. The predicted octanol–water partition coefficient (Wildman–Crippen LogP) is 3.54. The minimum atomic E-state index is -0.489. The summed E-state index contributed by atoms with van der Waals surface area (Å²) in [5.74, 6) is -0.500. The lowest BCUT2D eigenvalue weighted by Gasteiger charge is -2.31. The molecular formula is C17H18N4O4S.